The molecule has 0 aliphatic rings. The predicted octanol–water partition coefficient (Wildman–Crippen LogP) is 5.37. The van der Waals surface area contributed by atoms with Crippen molar-refractivity contribution in [3.05, 3.63) is 59.7 Å². The van der Waals surface area contributed by atoms with E-state index < -0.39 is 0 Å². The van der Waals surface area contributed by atoms with Crippen molar-refractivity contribution in [1.29, 1.82) is 0 Å². The Morgan fingerprint density at radius 3 is 1.35 bits per heavy atom. The van der Waals surface area contributed by atoms with Gasteiger partial charge in [-0.1, -0.05) is 38.1 Å². The molecule has 2 aromatic rings. The van der Waals surface area contributed by atoms with Gasteiger partial charge in [0.15, 0.2) is 0 Å². The van der Waals surface area contributed by atoms with Gasteiger partial charge in [-0.05, 0) is 54.7 Å². The first-order chi connectivity index (χ1) is 11.1. The molecule has 0 saturated heterocycles. The van der Waals surface area contributed by atoms with Crippen molar-refractivity contribution in [2.24, 2.45) is 0 Å². The van der Waals surface area contributed by atoms with Crippen LogP contribution in [0.25, 0.3) is 0 Å². The van der Waals surface area contributed by atoms with Crippen molar-refractivity contribution >= 4 is 25.3 Å². The van der Waals surface area contributed by atoms with Gasteiger partial charge in [-0.3, -0.25) is 0 Å². The van der Waals surface area contributed by atoms with Crippen molar-refractivity contribution in [3.63, 3.8) is 0 Å². The van der Waals surface area contributed by atoms with Crippen molar-refractivity contribution in [3.8, 4) is 11.5 Å². The van der Waals surface area contributed by atoms with E-state index in [1.54, 1.807) is 0 Å². The number of ether oxygens (including phenoxy) is 2. The van der Waals surface area contributed by atoms with Gasteiger partial charge in [0.1, 0.15) is 22.4 Å². The predicted molar refractivity (Wildman–Crippen MR) is 103 cm³/mol. The smallest absolute Gasteiger partial charge is 0.141 e. The average Bonchev–Trinajstić information content (AvgIpc) is 2.58. The average molecular weight is 349 g/mol. The minimum absolute atomic E-state index is 0.0489. The van der Waals surface area contributed by atoms with Crippen LogP contribution in [-0.4, -0.2) is 10.9 Å². The number of hydrogen-bond donors (Lipinski definition) is 2. The van der Waals surface area contributed by atoms with Gasteiger partial charge in [0.25, 0.3) is 0 Å². The summed E-state index contributed by atoms with van der Waals surface area (Å²) < 4.78 is 11.3. The van der Waals surface area contributed by atoms with E-state index >= 15 is 0 Å². The van der Waals surface area contributed by atoms with Gasteiger partial charge in [-0.25, -0.2) is 0 Å². The molecule has 124 valence electrons. The lowest BCUT2D eigenvalue weighted by molar-refractivity contribution is 0.286. The van der Waals surface area contributed by atoms with E-state index in [1.807, 2.05) is 24.3 Å². The standard InChI is InChI=1S/C19H24O2S2/c1-3-18(22)20-16-9-5-14(6-10-16)13-15-7-11-17(12-8-15)21-19(23)4-2/h5-12,18-19,22-23H,3-4,13H2,1-2H3. The van der Waals surface area contributed by atoms with Gasteiger partial charge in [-0.15, -0.1) is 25.3 Å². The minimum Gasteiger partial charge on any atom is -0.480 e. The first kappa shape index (κ1) is 18.1. The molecule has 0 spiro atoms. The maximum atomic E-state index is 5.67. The summed E-state index contributed by atoms with van der Waals surface area (Å²) >= 11 is 8.70. The van der Waals surface area contributed by atoms with E-state index in [0.717, 1.165) is 30.8 Å². The van der Waals surface area contributed by atoms with E-state index in [2.05, 4.69) is 63.4 Å². The molecule has 2 rings (SSSR count). The molecule has 2 atom stereocenters. The number of hydrogen-bond acceptors (Lipinski definition) is 4. The van der Waals surface area contributed by atoms with Crippen molar-refractivity contribution in [1.82, 2.24) is 0 Å². The molecular weight excluding hydrogens is 324 g/mol. The summed E-state index contributed by atoms with van der Waals surface area (Å²) in [4.78, 5) is 0. The van der Waals surface area contributed by atoms with Crippen LogP contribution in [0.5, 0.6) is 11.5 Å². The Kier molecular flexibility index (Phi) is 7.18. The second-order valence-electron chi connectivity index (χ2n) is 5.43. The van der Waals surface area contributed by atoms with Gasteiger partial charge < -0.3 is 9.47 Å². The fourth-order valence-electron chi connectivity index (χ4n) is 2.09. The molecule has 0 heterocycles. The first-order valence-electron chi connectivity index (χ1n) is 7.98. The first-order valence-corrected chi connectivity index (χ1v) is 9.01. The molecule has 0 bridgehead atoms. The second kappa shape index (κ2) is 9.14. The highest BCUT2D eigenvalue weighted by atomic mass is 32.1. The molecule has 0 aliphatic carbocycles. The summed E-state index contributed by atoms with van der Waals surface area (Å²) in [6.07, 6.45) is 2.64. The van der Waals surface area contributed by atoms with Crippen LogP contribution in [-0.2, 0) is 6.42 Å². The highest BCUT2D eigenvalue weighted by Gasteiger charge is 2.04. The van der Waals surface area contributed by atoms with E-state index in [-0.39, 0.29) is 10.9 Å². The van der Waals surface area contributed by atoms with Crippen LogP contribution in [0.2, 0.25) is 0 Å². The van der Waals surface area contributed by atoms with E-state index in [0.29, 0.717) is 0 Å². The summed E-state index contributed by atoms with van der Waals surface area (Å²) in [7, 11) is 0. The largest absolute Gasteiger partial charge is 0.480 e. The molecule has 2 unspecified atom stereocenters. The Balaban J connectivity index is 1.94. The summed E-state index contributed by atoms with van der Waals surface area (Å²) in [6.45, 7) is 4.10. The quantitative estimate of drug-likeness (QED) is 0.494. The third-order valence-electron chi connectivity index (χ3n) is 3.50. The van der Waals surface area contributed by atoms with E-state index in [4.69, 9.17) is 9.47 Å². The Bertz CT molecular complexity index is 528. The molecule has 2 nitrogen and oxygen atoms in total. The van der Waals surface area contributed by atoms with Gasteiger partial charge in [0, 0.05) is 0 Å². The molecule has 0 aromatic heterocycles. The van der Waals surface area contributed by atoms with Crippen LogP contribution in [0.4, 0.5) is 0 Å². The fourth-order valence-corrected chi connectivity index (χ4v) is 2.33. The maximum absolute atomic E-state index is 5.67. The second-order valence-corrected chi connectivity index (χ2v) is 6.58. The summed E-state index contributed by atoms with van der Waals surface area (Å²) in [5.74, 6) is 1.72. The zero-order valence-corrected chi connectivity index (χ0v) is 15.4. The van der Waals surface area contributed by atoms with Gasteiger partial charge in [0.2, 0.25) is 0 Å². The Hall–Kier alpha value is -1.26. The number of thiol groups is 2. The fraction of sp³-hybridized carbons (Fsp3) is 0.368. The molecule has 0 amide bonds. The molecule has 0 fully saturated rings. The molecule has 0 N–H and O–H groups in total. The molecule has 23 heavy (non-hydrogen) atoms. The van der Waals surface area contributed by atoms with Crippen molar-refractivity contribution in [2.75, 3.05) is 0 Å². The SMILES string of the molecule is CCC(S)Oc1ccc(Cc2ccc(OC(S)CC)cc2)cc1. The third kappa shape index (κ3) is 6.04. The van der Waals surface area contributed by atoms with Gasteiger partial charge >= 0.3 is 0 Å². The number of rotatable bonds is 8. The van der Waals surface area contributed by atoms with E-state index in [9.17, 15) is 0 Å². The van der Waals surface area contributed by atoms with Crippen LogP contribution < -0.4 is 9.47 Å². The highest BCUT2D eigenvalue weighted by Crippen LogP contribution is 2.20. The zero-order chi connectivity index (χ0) is 16.7. The molecule has 2 aromatic carbocycles. The minimum atomic E-state index is -0.0489. The Morgan fingerprint density at radius 1 is 0.696 bits per heavy atom. The lowest BCUT2D eigenvalue weighted by atomic mass is 10.0. The van der Waals surface area contributed by atoms with Crippen LogP contribution in [0, 0.1) is 0 Å². The zero-order valence-electron chi connectivity index (χ0n) is 13.6. The van der Waals surface area contributed by atoms with Gasteiger partial charge in [0.05, 0.1) is 0 Å². The maximum Gasteiger partial charge on any atom is 0.141 e. The topological polar surface area (TPSA) is 18.5 Å². The van der Waals surface area contributed by atoms with Crippen LogP contribution in [0.1, 0.15) is 37.8 Å². The molecule has 0 radical (unpaired) electrons. The summed E-state index contributed by atoms with van der Waals surface area (Å²) in [5, 5.41) is 0. The van der Waals surface area contributed by atoms with Crippen molar-refractivity contribution in [2.45, 2.75) is 44.0 Å². The van der Waals surface area contributed by atoms with Gasteiger partial charge in [-0.2, -0.15) is 0 Å². The summed E-state index contributed by atoms with van der Waals surface area (Å²) in [5.41, 5.74) is 2.40. The van der Waals surface area contributed by atoms with Crippen LogP contribution >= 0.6 is 25.3 Å². The van der Waals surface area contributed by atoms with Crippen LogP contribution in [0.15, 0.2) is 48.5 Å². The Labute approximate surface area is 150 Å². The lowest BCUT2D eigenvalue weighted by Gasteiger charge is -2.13. The third-order valence-corrected chi connectivity index (χ3v) is 4.44. The highest BCUT2D eigenvalue weighted by molar-refractivity contribution is 7.80. The Morgan fingerprint density at radius 2 is 1.04 bits per heavy atom. The lowest BCUT2D eigenvalue weighted by Crippen LogP contribution is -2.06. The number of benzene rings is 2. The summed E-state index contributed by atoms with van der Waals surface area (Å²) in [6, 6.07) is 16.4. The molecule has 0 saturated carbocycles. The monoisotopic (exact) mass is 348 g/mol. The molecular formula is C19H24O2S2. The molecule has 4 heteroatoms. The van der Waals surface area contributed by atoms with Crippen molar-refractivity contribution < 1.29 is 9.47 Å². The normalized spacial score (nSPS) is 13.4. The molecule has 0 aliphatic heterocycles. The van der Waals surface area contributed by atoms with Crippen LogP contribution in [0.3, 0.4) is 0 Å². The van der Waals surface area contributed by atoms with E-state index in [1.165, 1.54) is 11.1 Å².